The van der Waals surface area contributed by atoms with Crippen LogP contribution in [0, 0.1) is 0 Å². The van der Waals surface area contributed by atoms with E-state index in [2.05, 4.69) is 6.07 Å². The molecule has 5 heteroatoms. The Balaban J connectivity index is 2.06. The van der Waals surface area contributed by atoms with Crippen molar-refractivity contribution in [2.45, 2.75) is 18.9 Å². The van der Waals surface area contributed by atoms with Crippen LogP contribution >= 0.6 is 0 Å². The SMILES string of the molecule is COc1c(O)cc2c3c1-c1ccccc1C[C@H]3N(C(N)=O)CC2. The number of nitrogens with zero attached hydrogens (tertiary/aromatic N) is 1. The molecule has 0 bridgehead atoms. The number of nitrogens with two attached hydrogens (primary N) is 1. The van der Waals surface area contributed by atoms with Crippen LogP contribution in [0.25, 0.3) is 11.1 Å². The molecule has 1 aliphatic heterocycles. The lowest BCUT2D eigenvalue weighted by Crippen LogP contribution is -2.45. The number of amides is 2. The normalized spacial score (nSPS) is 18.1. The fourth-order valence-corrected chi connectivity index (χ4v) is 3.96. The highest BCUT2D eigenvalue weighted by Gasteiger charge is 2.38. The van der Waals surface area contributed by atoms with E-state index in [0.29, 0.717) is 18.7 Å². The van der Waals surface area contributed by atoms with Gasteiger partial charge in [0.1, 0.15) is 0 Å². The summed E-state index contributed by atoms with van der Waals surface area (Å²) in [5.41, 5.74) is 10.8. The highest BCUT2D eigenvalue weighted by molar-refractivity contribution is 5.85. The fraction of sp³-hybridized carbons (Fsp3) is 0.278. The first-order valence-electron chi connectivity index (χ1n) is 7.69. The number of hydrogen-bond donors (Lipinski definition) is 2. The Kier molecular flexibility index (Phi) is 2.98. The molecule has 5 nitrogen and oxygen atoms in total. The summed E-state index contributed by atoms with van der Waals surface area (Å²) in [5, 5.41) is 10.4. The minimum atomic E-state index is -0.405. The van der Waals surface area contributed by atoms with Crippen molar-refractivity contribution in [3.05, 3.63) is 47.0 Å². The van der Waals surface area contributed by atoms with Crippen molar-refractivity contribution in [2.75, 3.05) is 13.7 Å². The highest BCUT2D eigenvalue weighted by Crippen LogP contribution is 2.52. The topological polar surface area (TPSA) is 75.8 Å². The third kappa shape index (κ3) is 1.89. The molecule has 2 amide bonds. The van der Waals surface area contributed by atoms with Crippen LogP contribution in [0.1, 0.15) is 22.7 Å². The van der Waals surface area contributed by atoms with E-state index in [1.807, 2.05) is 18.2 Å². The standard InChI is InChI=1S/C18H18N2O3/c1-23-17-14(21)9-11-6-7-20(18(19)22)13-8-10-4-2-3-5-12(10)16(17)15(11)13/h2-5,9,13,21H,6-8H2,1H3,(H2,19,22)/t13-/m1/s1. The first-order chi connectivity index (χ1) is 11.1. The van der Waals surface area contributed by atoms with Crippen LogP contribution in [0.2, 0.25) is 0 Å². The average Bonchev–Trinajstić information content (AvgIpc) is 2.54. The average molecular weight is 310 g/mol. The van der Waals surface area contributed by atoms with Crippen LogP contribution in [0.15, 0.2) is 30.3 Å². The van der Waals surface area contributed by atoms with Crippen LogP contribution < -0.4 is 10.5 Å². The molecule has 0 radical (unpaired) electrons. The summed E-state index contributed by atoms with van der Waals surface area (Å²) in [4.78, 5) is 13.6. The number of methoxy groups -OCH3 is 1. The summed E-state index contributed by atoms with van der Waals surface area (Å²) >= 11 is 0. The van der Waals surface area contributed by atoms with Gasteiger partial charge in [0.05, 0.1) is 13.2 Å². The van der Waals surface area contributed by atoms with Gasteiger partial charge in [0, 0.05) is 12.1 Å². The zero-order valence-corrected chi connectivity index (χ0v) is 12.9. The number of carbonyl (C=O) groups is 1. The molecule has 1 heterocycles. The Bertz CT molecular complexity index is 816. The molecule has 0 unspecified atom stereocenters. The van der Waals surface area contributed by atoms with Crippen molar-refractivity contribution in [3.8, 4) is 22.6 Å². The van der Waals surface area contributed by atoms with E-state index in [0.717, 1.165) is 34.2 Å². The van der Waals surface area contributed by atoms with Gasteiger partial charge in [-0.25, -0.2) is 4.79 Å². The van der Waals surface area contributed by atoms with Crippen LogP contribution in [0.4, 0.5) is 4.79 Å². The van der Waals surface area contributed by atoms with Crippen molar-refractivity contribution < 1.29 is 14.6 Å². The fourth-order valence-electron chi connectivity index (χ4n) is 3.96. The molecule has 0 saturated heterocycles. The number of phenols is 1. The van der Waals surface area contributed by atoms with E-state index in [1.165, 1.54) is 0 Å². The summed E-state index contributed by atoms with van der Waals surface area (Å²) in [6.45, 7) is 0.570. The molecule has 4 rings (SSSR count). The van der Waals surface area contributed by atoms with Gasteiger partial charge in [-0.15, -0.1) is 0 Å². The number of carbonyl (C=O) groups excluding carboxylic acids is 1. The van der Waals surface area contributed by atoms with E-state index in [4.69, 9.17) is 10.5 Å². The number of rotatable bonds is 1. The molecule has 0 saturated carbocycles. The summed E-state index contributed by atoms with van der Waals surface area (Å²) in [7, 11) is 1.55. The second-order valence-electron chi connectivity index (χ2n) is 6.04. The maximum absolute atomic E-state index is 11.9. The maximum atomic E-state index is 11.9. The Morgan fingerprint density at radius 3 is 2.87 bits per heavy atom. The molecule has 0 spiro atoms. The number of aromatic hydroxyl groups is 1. The number of primary amides is 1. The van der Waals surface area contributed by atoms with Crippen LogP contribution in [0.3, 0.4) is 0 Å². The second-order valence-corrected chi connectivity index (χ2v) is 6.04. The Morgan fingerprint density at radius 1 is 1.35 bits per heavy atom. The number of phenolic OH excluding ortho intramolecular Hbond substituents is 1. The molecule has 2 aliphatic rings. The number of fused-ring (bicyclic) bond motifs is 2. The zero-order valence-electron chi connectivity index (χ0n) is 12.9. The predicted molar refractivity (Wildman–Crippen MR) is 86.5 cm³/mol. The van der Waals surface area contributed by atoms with Gasteiger partial charge in [0.15, 0.2) is 11.5 Å². The smallest absolute Gasteiger partial charge is 0.315 e. The molecule has 118 valence electrons. The van der Waals surface area contributed by atoms with Gasteiger partial charge in [0.25, 0.3) is 0 Å². The quantitative estimate of drug-likeness (QED) is 0.850. The van der Waals surface area contributed by atoms with E-state index in [-0.39, 0.29) is 11.8 Å². The van der Waals surface area contributed by atoms with Crippen LogP contribution in [-0.4, -0.2) is 29.7 Å². The van der Waals surface area contributed by atoms with Crippen molar-refractivity contribution in [1.82, 2.24) is 4.90 Å². The molecule has 0 fully saturated rings. The number of urea groups is 1. The molecule has 23 heavy (non-hydrogen) atoms. The molecular formula is C18H18N2O3. The second kappa shape index (κ2) is 4.91. The van der Waals surface area contributed by atoms with Gasteiger partial charge in [-0.05, 0) is 41.2 Å². The van der Waals surface area contributed by atoms with Crippen LogP contribution in [0.5, 0.6) is 11.5 Å². The van der Waals surface area contributed by atoms with Gasteiger partial charge in [-0.3, -0.25) is 0 Å². The Hall–Kier alpha value is -2.69. The van der Waals surface area contributed by atoms with Crippen molar-refractivity contribution in [2.24, 2.45) is 5.73 Å². The molecule has 1 atom stereocenters. The van der Waals surface area contributed by atoms with Crippen LogP contribution in [-0.2, 0) is 12.8 Å². The maximum Gasteiger partial charge on any atom is 0.315 e. The van der Waals surface area contributed by atoms with Gasteiger partial charge in [0.2, 0.25) is 0 Å². The minimum absolute atomic E-state index is 0.101. The lowest BCUT2D eigenvalue weighted by atomic mass is 9.76. The van der Waals surface area contributed by atoms with E-state index in [9.17, 15) is 9.90 Å². The summed E-state index contributed by atoms with van der Waals surface area (Å²) in [6, 6.07) is 9.30. The zero-order chi connectivity index (χ0) is 16.1. The lowest BCUT2D eigenvalue weighted by Gasteiger charge is -2.41. The first kappa shape index (κ1) is 13.9. The van der Waals surface area contributed by atoms with Gasteiger partial charge in [-0.2, -0.15) is 0 Å². The molecular weight excluding hydrogens is 292 g/mol. The Morgan fingerprint density at radius 2 is 2.13 bits per heavy atom. The minimum Gasteiger partial charge on any atom is -0.504 e. The Labute approximate surface area is 134 Å². The van der Waals surface area contributed by atoms with E-state index >= 15 is 0 Å². The molecule has 0 aromatic heterocycles. The number of benzene rings is 2. The molecule has 2 aromatic rings. The largest absolute Gasteiger partial charge is 0.504 e. The molecule has 3 N–H and O–H groups in total. The molecule has 2 aromatic carbocycles. The molecule has 1 aliphatic carbocycles. The summed E-state index contributed by atoms with van der Waals surface area (Å²) in [5.74, 6) is 0.608. The summed E-state index contributed by atoms with van der Waals surface area (Å²) in [6.07, 6.45) is 1.41. The van der Waals surface area contributed by atoms with E-state index in [1.54, 1.807) is 18.1 Å². The monoisotopic (exact) mass is 310 g/mol. The third-order valence-electron chi connectivity index (χ3n) is 4.90. The highest BCUT2D eigenvalue weighted by atomic mass is 16.5. The summed E-state index contributed by atoms with van der Waals surface area (Å²) < 4.78 is 5.48. The van der Waals surface area contributed by atoms with E-state index < -0.39 is 6.03 Å². The van der Waals surface area contributed by atoms with Crippen molar-refractivity contribution in [3.63, 3.8) is 0 Å². The van der Waals surface area contributed by atoms with Gasteiger partial charge >= 0.3 is 6.03 Å². The number of hydrogen-bond acceptors (Lipinski definition) is 3. The lowest BCUT2D eigenvalue weighted by molar-refractivity contribution is 0.177. The third-order valence-corrected chi connectivity index (χ3v) is 4.90. The van der Waals surface area contributed by atoms with Crippen molar-refractivity contribution >= 4 is 6.03 Å². The van der Waals surface area contributed by atoms with Gasteiger partial charge < -0.3 is 20.5 Å². The first-order valence-corrected chi connectivity index (χ1v) is 7.69. The number of ether oxygens (including phenoxy) is 1. The van der Waals surface area contributed by atoms with Gasteiger partial charge in [-0.1, -0.05) is 24.3 Å². The van der Waals surface area contributed by atoms with Crippen molar-refractivity contribution in [1.29, 1.82) is 0 Å². The predicted octanol–water partition coefficient (Wildman–Crippen LogP) is 2.60.